The molecule has 0 fully saturated rings. The molecule has 0 aliphatic carbocycles. The number of halogens is 8. The molecule has 0 unspecified atom stereocenters. The number of sulfonamides is 2. The summed E-state index contributed by atoms with van der Waals surface area (Å²) in [5.41, 5.74) is 2.95. The molecule has 0 bridgehead atoms. The van der Waals surface area contributed by atoms with E-state index in [9.17, 15) is 62.4 Å². The van der Waals surface area contributed by atoms with E-state index in [2.05, 4.69) is 42.1 Å². The van der Waals surface area contributed by atoms with Gasteiger partial charge in [-0.15, -0.1) is 32.3 Å². The first kappa shape index (κ1) is 62.0. The highest BCUT2D eigenvalue weighted by molar-refractivity contribution is 7.91. The van der Waals surface area contributed by atoms with Crippen molar-refractivity contribution in [2.45, 2.75) is 59.5 Å². The number of aromatic nitrogens is 2. The third-order valence-electron chi connectivity index (χ3n) is 10.1. The number of ether oxygens (including phenoxy) is 2. The summed E-state index contributed by atoms with van der Waals surface area (Å²) in [6, 6.07) is 20.5. The number of anilines is 2. The van der Waals surface area contributed by atoms with Gasteiger partial charge >= 0.3 is 12.4 Å². The van der Waals surface area contributed by atoms with E-state index in [1.807, 2.05) is 9.66 Å². The minimum absolute atomic E-state index is 0.0263. The Bertz CT molecular complexity index is 3300. The van der Waals surface area contributed by atoms with Gasteiger partial charge < -0.3 is 30.7 Å². The van der Waals surface area contributed by atoms with Gasteiger partial charge in [-0.1, -0.05) is 41.4 Å². The maximum atomic E-state index is 12.7. The molecule has 6 aromatic rings. The SMILES string of the molecule is COc1cccc(C(=O)NCc2ccc(S(=O)(=O)NNC(=O)CCCNc3ncc(C(F)(F)F)cc3Cl)s2)c1.COc1ccccc1C(=O)NCc1ccc(S(=O)(=O)NNC(=O)CCCNc2ncc(C(F)(F)F)cc2Cl)s1. The highest BCUT2D eigenvalue weighted by atomic mass is 35.5. The minimum Gasteiger partial charge on any atom is -0.497 e. The zero-order chi connectivity index (χ0) is 57.3. The summed E-state index contributed by atoms with van der Waals surface area (Å²) in [6.45, 7) is 0.461. The van der Waals surface area contributed by atoms with Gasteiger partial charge in [0.05, 0.1) is 54.0 Å². The molecule has 0 radical (unpaired) electrons. The summed E-state index contributed by atoms with van der Waals surface area (Å²) in [4.78, 5) is 61.2. The number of carbonyl (C=O) groups excluding carboxylic acids is 4. The average Bonchev–Trinajstić information content (AvgIpc) is 4.12. The normalized spacial score (nSPS) is 11.6. The van der Waals surface area contributed by atoms with Gasteiger partial charge in [0.15, 0.2) is 0 Å². The number of hydrogen-bond acceptors (Lipinski definition) is 16. The van der Waals surface area contributed by atoms with E-state index in [-0.39, 0.29) is 93.8 Å². The van der Waals surface area contributed by atoms with Crippen LogP contribution in [0.3, 0.4) is 0 Å². The van der Waals surface area contributed by atoms with Crippen molar-refractivity contribution < 1.29 is 71.8 Å². The van der Waals surface area contributed by atoms with E-state index >= 15 is 0 Å². The second-order valence-corrected chi connectivity index (χ2v) is 22.7. The molecule has 0 aliphatic rings. The van der Waals surface area contributed by atoms with Crippen molar-refractivity contribution in [1.29, 1.82) is 0 Å². The first-order valence-electron chi connectivity index (χ1n) is 22.3. The molecular formula is C46H46Cl2F6N10O10S4. The lowest BCUT2D eigenvalue weighted by atomic mass is 10.2. The number of benzene rings is 2. The topological polar surface area (TPSA) is 277 Å². The molecule has 32 heteroatoms. The van der Waals surface area contributed by atoms with Crippen LogP contribution in [0.15, 0.2) is 106 Å². The Morgan fingerprint density at radius 3 is 1.53 bits per heavy atom. The summed E-state index contributed by atoms with van der Waals surface area (Å²) < 4.78 is 136. The molecule has 0 atom stereocenters. The Hall–Kier alpha value is -6.80. The van der Waals surface area contributed by atoms with Crippen molar-refractivity contribution in [3.05, 3.63) is 139 Å². The molecule has 2 aromatic carbocycles. The number of alkyl halides is 6. The van der Waals surface area contributed by atoms with Gasteiger partial charge in [0.2, 0.25) is 11.8 Å². The molecule has 8 N–H and O–H groups in total. The van der Waals surface area contributed by atoms with Crippen LogP contribution in [0.25, 0.3) is 0 Å². The van der Waals surface area contributed by atoms with Gasteiger partial charge in [-0.05, 0) is 79.6 Å². The molecule has 0 saturated heterocycles. The predicted octanol–water partition coefficient (Wildman–Crippen LogP) is 7.91. The Balaban J connectivity index is 0.000000287. The number of hydrogen-bond donors (Lipinski definition) is 8. The summed E-state index contributed by atoms with van der Waals surface area (Å²) in [5.74, 6) is -1.03. The Kier molecular flexibility index (Phi) is 22.4. The molecule has 4 heterocycles. The van der Waals surface area contributed by atoms with Gasteiger partial charge in [0.25, 0.3) is 31.9 Å². The number of hydrazine groups is 2. The van der Waals surface area contributed by atoms with E-state index < -0.39 is 55.3 Å². The molecule has 0 aliphatic heterocycles. The number of nitrogens with zero attached hydrogens (tertiary/aromatic N) is 2. The number of methoxy groups -OCH3 is 2. The maximum absolute atomic E-state index is 12.7. The standard InChI is InChI=1S/2C23H23ClF3N5O5S2/c1-37-16-5-2-4-14(10-16)22(34)30-13-17-7-8-20(38-17)39(35,36)32-31-19(33)6-3-9-28-21-18(24)11-15(12-29-21)23(25,26)27;1-37-18-6-3-2-5-16(18)22(34)30-13-15-8-9-20(38-15)39(35,36)32-31-19(33)7-4-10-28-21-17(24)11-14(12-29-21)23(25,26)27/h2,4-5,7-8,10-12,32H,3,6,9,13H2,1H3,(H,28,29)(H,30,34)(H,31,33);2-3,5-6,8-9,11-12,32H,4,7,10,13H2,1H3,(H,28,29)(H,30,34)(H,31,33). The van der Waals surface area contributed by atoms with Crippen LogP contribution in [-0.4, -0.2) is 77.7 Å². The van der Waals surface area contributed by atoms with E-state index in [0.29, 0.717) is 44.8 Å². The lowest BCUT2D eigenvalue weighted by molar-refractivity contribution is -0.138. The number of carbonyl (C=O) groups is 4. The summed E-state index contributed by atoms with van der Waals surface area (Å²) >= 11 is 13.4. The van der Waals surface area contributed by atoms with Crippen LogP contribution in [0.1, 0.15) is 67.3 Å². The molecule has 78 heavy (non-hydrogen) atoms. The Morgan fingerprint density at radius 2 is 1.08 bits per heavy atom. The molecular weight excluding hydrogens is 1170 g/mol. The molecule has 6 rings (SSSR count). The molecule has 0 saturated carbocycles. The Morgan fingerprint density at radius 1 is 0.603 bits per heavy atom. The fraction of sp³-hybridized carbons (Fsp3) is 0.261. The predicted molar refractivity (Wildman–Crippen MR) is 278 cm³/mol. The van der Waals surface area contributed by atoms with Gasteiger partial charge in [-0.2, -0.15) is 26.3 Å². The third-order valence-corrected chi connectivity index (χ3v) is 16.3. The van der Waals surface area contributed by atoms with Crippen molar-refractivity contribution in [3.8, 4) is 11.5 Å². The van der Waals surface area contributed by atoms with E-state index in [1.165, 1.54) is 32.4 Å². The van der Waals surface area contributed by atoms with Crippen molar-refractivity contribution in [2.24, 2.45) is 0 Å². The second-order valence-electron chi connectivity index (χ2n) is 15.7. The first-order chi connectivity index (χ1) is 36.8. The fourth-order valence-electron chi connectivity index (χ4n) is 6.16. The van der Waals surface area contributed by atoms with Crippen molar-refractivity contribution in [3.63, 3.8) is 0 Å². The van der Waals surface area contributed by atoms with Crippen molar-refractivity contribution in [2.75, 3.05) is 37.9 Å². The molecule has 4 aromatic heterocycles. The Labute approximate surface area is 460 Å². The van der Waals surface area contributed by atoms with E-state index in [0.717, 1.165) is 34.8 Å². The second kappa shape index (κ2) is 28.2. The van der Waals surface area contributed by atoms with E-state index in [1.54, 1.807) is 54.6 Å². The van der Waals surface area contributed by atoms with Crippen LogP contribution >= 0.6 is 45.9 Å². The van der Waals surface area contributed by atoms with Crippen LogP contribution in [-0.2, 0) is 55.1 Å². The quantitative estimate of drug-likeness (QED) is 0.0163. The number of para-hydroxylation sites is 1. The number of rotatable bonds is 24. The largest absolute Gasteiger partial charge is 0.497 e. The fourth-order valence-corrected chi connectivity index (χ4v) is 10.9. The number of nitrogens with one attached hydrogen (secondary N) is 8. The van der Waals surface area contributed by atoms with Gasteiger partial charge in [0.1, 0.15) is 31.6 Å². The lowest BCUT2D eigenvalue weighted by Gasteiger charge is -2.11. The monoisotopic (exact) mass is 1210 g/mol. The average molecular weight is 1210 g/mol. The number of pyridine rings is 2. The highest BCUT2D eigenvalue weighted by Gasteiger charge is 2.33. The van der Waals surface area contributed by atoms with Crippen molar-refractivity contribution in [1.82, 2.24) is 41.1 Å². The van der Waals surface area contributed by atoms with Crippen LogP contribution in [0.2, 0.25) is 10.0 Å². The summed E-state index contributed by atoms with van der Waals surface area (Å²) in [7, 11) is -5.19. The number of amides is 4. The number of thiophene rings is 2. The van der Waals surface area contributed by atoms with Crippen LogP contribution in [0.4, 0.5) is 38.0 Å². The van der Waals surface area contributed by atoms with Crippen LogP contribution in [0.5, 0.6) is 11.5 Å². The smallest absolute Gasteiger partial charge is 0.417 e. The molecule has 0 spiro atoms. The molecule has 20 nitrogen and oxygen atoms in total. The first-order valence-corrected chi connectivity index (χ1v) is 27.7. The highest BCUT2D eigenvalue weighted by Crippen LogP contribution is 2.34. The molecule has 420 valence electrons. The van der Waals surface area contributed by atoms with Crippen LogP contribution < -0.4 is 51.3 Å². The van der Waals surface area contributed by atoms with Gasteiger partial charge in [-0.25, -0.2) is 26.8 Å². The third kappa shape index (κ3) is 19.0. The van der Waals surface area contributed by atoms with Gasteiger partial charge in [0, 0.05) is 53.6 Å². The zero-order valence-electron chi connectivity index (χ0n) is 40.5. The van der Waals surface area contributed by atoms with Crippen LogP contribution in [0, 0.1) is 0 Å². The van der Waals surface area contributed by atoms with Crippen molar-refractivity contribution >= 4 is 101 Å². The van der Waals surface area contributed by atoms with E-state index in [4.69, 9.17) is 32.7 Å². The summed E-state index contributed by atoms with van der Waals surface area (Å²) in [6.07, 6.45) is -7.64. The van der Waals surface area contributed by atoms with Gasteiger partial charge in [-0.3, -0.25) is 30.0 Å². The summed E-state index contributed by atoms with van der Waals surface area (Å²) in [5, 5.41) is 10.4. The lowest BCUT2D eigenvalue weighted by Crippen LogP contribution is -2.41. The maximum Gasteiger partial charge on any atom is 0.417 e. The molecule has 4 amide bonds. The minimum atomic E-state index is -4.57. The zero-order valence-corrected chi connectivity index (χ0v) is 45.3.